The second-order valence-electron chi connectivity index (χ2n) is 2.02. The van der Waals surface area contributed by atoms with Crippen LogP contribution in [-0.4, -0.2) is 47.8 Å². The van der Waals surface area contributed by atoms with E-state index in [0.29, 0.717) is 6.61 Å². The Balaban J connectivity index is 3.65. The van der Waals surface area contributed by atoms with Gasteiger partial charge in [-0.3, -0.25) is 4.74 Å². The molecule has 1 unspecified atom stereocenters. The second kappa shape index (κ2) is 7.45. The fourth-order valence-corrected chi connectivity index (χ4v) is 0.630. The summed E-state index contributed by atoms with van der Waals surface area (Å²) in [5.74, 6) is 0. The molecule has 0 aromatic rings. The van der Waals surface area contributed by atoms with Gasteiger partial charge >= 0.3 is 0 Å². The maximum absolute atomic E-state index is 5.15. The molecule has 5 nitrogen and oxygen atoms in total. The average Bonchev–Trinajstić information content (AvgIpc) is 2.12. The van der Waals surface area contributed by atoms with Crippen molar-refractivity contribution in [3.05, 3.63) is 0 Å². The molecule has 0 aliphatic heterocycles. The summed E-state index contributed by atoms with van der Waals surface area (Å²) < 4.78 is 24.5. The lowest BCUT2D eigenvalue weighted by Gasteiger charge is -2.20. The molecular weight excluding hydrogens is 164 g/mol. The van der Waals surface area contributed by atoms with Gasteiger partial charge in [-0.05, 0) is 0 Å². The molecule has 12 heavy (non-hydrogen) atoms. The molecule has 0 aliphatic rings. The van der Waals surface area contributed by atoms with E-state index in [4.69, 9.17) is 23.7 Å². The SMILES string of the molecule is COCC(OC)OC(OC)OC. The second-order valence-corrected chi connectivity index (χ2v) is 2.02. The summed E-state index contributed by atoms with van der Waals surface area (Å²) in [5.41, 5.74) is 0. The summed E-state index contributed by atoms with van der Waals surface area (Å²) >= 11 is 0. The summed E-state index contributed by atoms with van der Waals surface area (Å²) in [6, 6.07) is 0. The standard InChI is InChI=1S/C7H16O5/c1-8-5-6(9-2)12-7(10-3)11-4/h6-7H,5H2,1-4H3. The Morgan fingerprint density at radius 3 is 1.83 bits per heavy atom. The zero-order valence-electron chi connectivity index (χ0n) is 7.90. The lowest BCUT2D eigenvalue weighted by molar-refractivity contribution is -0.327. The molecule has 1 atom stereocenters. The van der Waals surface area contributed by atoms with Gasteiger partial charge in [0.2, 0.25) is 0 Å². The molecule has 0 N–H and O–H groups in total. The number of hydrogen-bond acceptors (Lipinski definition) is 5. The minimum Gasteiger partial charge on any atom is -0.379 e. The molecule has 0 bridgehead atoms. The molecule has 0 rings (SSSR count). The van der Waals surface area contributed by atoms with Gasteiger partial charge in [0.05, 0.1) is 6.61 Å². The van der Waals surface area contributed by atoms with E-state index in [1.807, 2.05) is 0 Å². The van der Waals surface area contributed by atoms with Crippen LogP contribution in [0.4, 0.5) is 0 Å². The van der Waals surface area contributed by atoms with E-state index in [-0.39, 0.29) is 0 Å². The molecule has 0 saturated carbocycles. The van der Waals surface area contributed by atoms with Crippen molar-refractivity contribution in [3.8, 4) is 0 Å². The first-order valence-electron chi connectivity index (χ1n) is 3.51. The highest BCUT2D eigenvalue weighted by molar-refractivity contribution is 4.38. The Labute approximate surface area is 72.5 Å². The van der Waals surface area contributed by atoms with Crippen LogP contribution in [0, 0.1) is 0 Å². The van der Waals surface area contributed by atoms with Crippen LogP contribution >= 0.6 is 0 Å². The molecule has 0 fully saturated rings. The molecule has 0 aliphatic carbocycles. The van der Waals surface area contributed by atoms with Crippen molar-refractivity contribution in [1.29, 1.82) is 0 Å². The molecule has 0 amide bonds. The van der Waals surface area contributed by atoms with Crippen molar-refractivity contribution < 1.29 is 23.7 Å². The van der Waals surface area contributed by atoms with Crippen LogP contribution in [0.1, 0.15) is 0 Å². The first-order chi connectivity index (χ1) is 5.78. The summed E-state index contributed by atoms with van der Waals surface area (Å²) in [6.45, 7) is -0.384. The van der Waals surface area contributed by atoms with Crippen molar-refractivity contribution in [2.24, 2.45) is 0 Å². The highest BCUT2D eigenvalue weighted by Gasteiger charge is 2.14. The molecule has 0 aromatic carbocycles. The Morgan fingerprint density at radius 2 is 1.50 bits per heavy atom. The smallest absolute Gasteiger partial charge is 0.273 e. The minimum absolute atomic E-state index is 0.333. The lowest BCUT2D eigenvalue weighted by atomic mass is 10.7. The van der Waals surface area contributed by atoms with Gasteiger partial charge in [-0.15, -0.1) is 0 Å². The Morgan fingerprint density at radius 1 is 0.917 bits per heavy atom. The predicted molar refractivity (Wildman–Crippen MR) is 41.6 cm³/mol. The van der Waals surface area contributed by atoms with Gasteiger partial charge in [0.15, 0.2) is 6.29 Å². The maximum Gasteiger partial charge on any atom is 0.273 e. The van der Waals surface area contributed by atoms with Crippen molar-refractivity contribution in [2.45, 2.75) is 12.8 Å². The third-order valence-electron chi connectivity index (χ3n) is 1.21. The normalized spacial score (nSPS) is 13.8. The van der Waals surface area contributed by atoms with E-state index < -0.39 is 12.8 Å². The number of methoxy groups -OCH3 is 4. The monoisotopic (exact) mass is 180 g/mol. The fourth-order valence-electron chi connectivity index (χ4n) is 0.630. The van der Waals surface area contributed by atoms with Gasteiger partial charge in [-0.1, -0.05) is 0 Å². The van der Waals surface area contributed by atoms with Crippen LogP contribution in [0.3, 0.4) is 0 Å². The molecule has 0 saturated heterocycles. The molecular formula is C7H16O5. The predicted octanol–water partition coefficient (Wildman–Crippen LogP) is 0.198. The van der Waals surface area contributed by atoms with Gasteiger partial charge in [0.1, 0.15) is 0 Å². The molecule has 0 aromatic heterocycles. The van der Waals surface area contributed by atoms with Gasteiger partial charge in [0, 0.05) is 28.4 Å². The van der Waals surface area contributed by atoms with Crippen molar-refractivity contribution in [3.63, 3.8) is 0 Å². The fraction of sp³-hybridized carbons (Fsp3) is 1.00. The Hall–Kier alpha value is -0.200. The van der Waals surface area contributed by atoms with Crippen molar-refractivity contribution in [2.75, 3.05) is 35.0 Å². The molecule has 74 valence electrons. The minimum atomic E-state index is -0.718. The molecule has 0 spiro atoms. The van der Waals surface area contributed by atoms with Crippen LogP contribution in [0.2, 0.25) is 0 Å². The van der Waals surface area contributed by atoms with E-state index >= 15 is 0 Å². The van der Waals surface area contributed by atoms with Crippen molar-refractivity contribution in [1.82, 2.24) is 0 Å². The number of ether oxygens (including phenoxy) is 5. The first-order valence-corrected chi connectivity index (χ1v) is 3.51. The molecule has 5 heteroatoms. The van der Waals surface area contributed by atoms with Gasteiger partial charge in [0.25, 0.3) is 6.48 Å². The van der Waals surface area contributed by atoms with Crippen LogP contribution in [-0.2, 0) is 23.7 Å². The van der Waals surface area contributed by atoms with E-state index in [1.54, 1.807) is 7.11 Å². The number of rotatable bonds is 7. The summed E-state index contributed by atoms with van der Waals surface area (Å²) in [4.78, 5) is 0. The van der Waals surface area contributed by atoms with E-state index in [9.17, 15) is 0 Å². The van der Waals surface area contributed by atoms with Crippen LogP contribution in [0.5, 0.6) is 0 Å². The van der Waals surface area contributed by atoms with Crippen LogP contribution in [0.15, 0.2) is 0 Å². The zero-order chi connectivity index (χ0) is 9.40. The first kappa shape index (κ1) is 11.8. The highest BCUT2D eigenvalue weighted by Crippen LogP contribution is 2.01. The third kappa shape index (κ3) is 4.63. The third-order valence-corrected chi connectivity index (χ3v) is 1.21. The van der Waals surface area contributed by atoms with E-state index in [2.05, 4.69) is 0 Å². The molecule has 0 heterocycles. The van der Waals surface area contributed by atoms with Crippen molar-refractivity contribution >= 4 is 0 Å². The van der Waals surface area contributed by atoms with Gasteiger partial charge in [-0.25, -0.2) is 0 Å². The topological polar surface area (TPSA) is 46.2 Å². The van der Waals surface area contributed by atoms with E-state index in [1.165, 1.54) is 21.3 Å². The summed E-state index contributed by atoms with van der Waals surface area (Å²) in [6.07, 6.45) is -0.472. The average molecular weight is 180 g/mol. The van der Waals surface area contributed by atoms with Gasteiger partial charge < -0.3 is 18.9 Å². The molecule has 0 radical (unpaired) electrons. The number of hydrogen-bond donors (Lipinski definition) is 0. The summed E-state index contributed by atoms with van der Waals surface area (Å²) in [7, 11) is 6.04. The van der Waals surface area contributed by atoms with Crippen LogP contribution < -0.4 is 0 Å². The van der Waals surface area contributed by atoms with Crippen LogP contribution in [0.25, 0.3) is 0 Å². The largest absolute Gasteiger partial charge is 0.379 e. The maximum atomic E-state index is 5.15. The summed E-state index contributed by atoms with van der Waals surface area (Å²) in [5, 5.41) is 0. The Kier molecular flexibility index (Phi) is 7.33. The zero-order valence-corrected chi connectivity index (χ0v) is 7.90. The lowest BCUT2D eigenvalue weighted by Crippen LogP contribution is -2.29. The van der Waals surface area contributed by atoms with Gasteiger partial charge in [-0.2, -0.15) is 0 Å². The highest BCUT2D eigenvalue weighted by atomic mass is 16.9. The quantitative estimate of drug-likeness (QED) is 0.524. The van der Waals surface area contributed by atoms with E-state index in [0.717, 1.165) is 0 Å². The Bertz CT molecular complexity index is 93.8.